The molecular formula is C17H17ClN2O4S. The predicted molar refractivity (Wildman–Crippen MR) is 95.9 cm³/mol. The molecule has 0 radical (unpaired) electrons. The Morgan fingerprint density at radius 3 is 2.84 bits per heavy atom. The van der Waals surface area contributed by atoms with Crippen molar-refractivity contribution in [1.82, 2.24) is 5.48 Å². The summed E-state index contributed by atoms with van der Waals surface area (Å²) in [5.74, 6) is -0.709. The zero-order chi connectivity index (χ0) is 17.6. The molecule has 0 spiro atoms. The fourth-order valence-corrected chi connectivity index (χ4v) is 3.12. The Bertz CT molecular complexity index is 745. The summed E-state index contributed by atoms with van der Waals surface area (Å²) >= 11 is 7.43. The molecule has 1 aliphatic heterocycles. The molecule has 1 aromatic carbocycles. The van der Waals surface area contributed by atoms with Crippen molar-refractivity contribution < 1.29 is 19.2 Å². The number of halogens is 1. The monoisotopic (exact) mass is 380 g/mol. The van der Waals surface area contributed by atoms with E-state index in [2.05, 4.69) is 10.8 Å². The molecule has 2 amide bonds. The average Bonchev–Trinajstić information content (AvgIpc) is 3.17. The molecule has 1 fully saturated rings. The number of hydrogen-bond acceptors (Lipinski definition) is 5. The molecule has 3 rings (SSSR count). The lowest BCUT2D eigenvalue weighted by atomic mass is 10.2. The summed E-state index contributed by atoms with van der Waals surface area (Å²) in [5, 5.41) is 4.86. The summed E-state index contributed by atoms with van der Waals surface area (Å²) in [5.41, 5.74) is 3.06. The van der Waals surface area contributed by atoms with Crippen molar-refractivity contribution in [1.29, 1.82) is 0 Å². The van der Waals surface area contributed by atoms with Gasteiger partial charge in [-0.3, -0.25) is 9.59 Å². The first-order valence-electron chi connectivity index (χ1n) is 7.85. The van der Waals surface area contributed by atoms with E-state index in [1.165, 1.54) is 17.4 Å². The predicted octanol–water partition coefficient (Wildman–Crippen LogP) is 3.84. The maximum Gasteiger partial charge on any atom is 0.275 e. The summed E-state index contributed by atoms with van der Waals surface area (Å²) in [7, 11) is 0. The molecule has 1 aliphatic rings. The van der Waals surface area contributed by atoms with Crippen molar-refractivity contribution in [3.8, 4) is 0 Å². The van der Waals surface area contributed by atoms with E-state index in [-0.39, 0.29) is 5.91 Å². The zero-order valence-corrected chi connectivity index (χ0v) is 14.9. The molecule has 2 heterocycles. The lowest BCUT2D eigenvalue weighted by Crippen LogP contribution is -2.33. The third-order valence-corrected chi connectivity index (χ3v) is 4.84. The molecule has 1 aromatic heterocycles. The van der Waals surface area contributed by atoms with Crippen LogP contribution < -0.4 is 10.8 Å². The van der Waals surface area contributed by atoms with E-state index in [0.29, 0.717) is 27.8 Å². The van der Waals surface area contributed by atoms with Crippen LogP contribution in [-0.2, 0) is 9.57 Å². The van der Waals surface area contributed by atoms with Crippen LogP contribution in [0.1, 0.15) is 39.3 Å². The Kier molecular flexibility index (Phi) is 6.04. The molecule has 8 heteroatoms. The number of hydrogen-bond donors (Lipinski definition) is 2. The number of carbonyl (C=O) groups is 2. The number of amides is 2. The van der Waals surface area contributed by atoms with Crippen LogP contribution in [0.15, 0.2) is 35.7 Å². The Labute approximate surface area is 154 Å². The van der Waals surface area contributed by atoms with Gasteiger partial charge in [-0.15, -0.1) is 11.3 Å². The largest absolute Gasteiger partial charge is 0.350 e. The normalized spacial score (nSPS) is 17.1. The minimum atomic E-state index is -0.433. The summed E-state index contributed by atoms with van der Waals surface area (Å²) in [6.45, 7) is 0.625. The quantitative estimate of drug-likeness (QED) is 0.772. The highest BCUT2D eigenvalue weighted by Crippen LogP contribution is 2.24. The summed E-state index contributed by atoms with van der Waals surface area (Å²) < 4.78 is 5.39. The molecule has 0 bridgehead atoms. The Morgan fingerprint density at radius 2 is 2.12 bits per heavy atom. The molecule has 25 heavy (non-hydrogen) atoms. The second-order valence-corrected chi connectivity index (χ2v) is 6.83. The number of thiophene rings is 1. The Balaban J connectivity index is 1.63. The fourth-order valence-electron chi connectivity index (χ4n) is 2.34. The van der Waals surface area contributed by atoms with E-state index in [1.807, 2.05) is 5.38 Å². The topological polar surface area (TPSA) is 76.7 Å². The Morgan fingerprint density at radius 1 is 1.24 bits per heavy atom. The van der Waals surface area contributed by atoms with Gasteiger partial charge in [-0.1, -0.05) is 17.7 Å². The highest BCUT2D eigenvalue weighted by Gasteiger charge is 2.17. The van der Waals surface area contributed by atoms with Crippen molar-refractivity contribution in [2.75, 3.05) is 11.9 Å². The van der Waals surface area contributed by atoms with Crippen molar-refractivity contribution >= 4 is 40.4 Å². The van der Waals surface area contributed by atoms with Crippen LogP contribution in [-0.4, -0.2) is 24.7 Å². The molecule has 2 aromatic rings. The van der Waals surface area contributed by atoms with Crippen molar-refractivity contribution in [3.63, 3.8) is 0 Å². The summed E-state index contributed by atoms with van der Waals surface area (Å²) in [6, 6.07) is 8.12. The average molecular weight is 381 g/mol. The van der Waals surface area contributed by atoms with Gasteiger partial charge in [0, 0.05) is 18.6 Å². The van der Waals surface area contributed by atoms with Gasteiger partial charge in [0.25, 0.3) is 11.8 Å². The maximum absolute atomic E-state index is 12.2. The maximum atomic E-state index is 12.2. The van der Waals surface area contributed by atoms with Gasteiger partial charge in [0.1, 0.15) is 0 Å². The van der Waals surface area contributed by atoms with Gasteiger partial charge in [-0.25, -0.2) is 10.3 Å². The second kappa shape index (κ2) is 8.44. The van der Waals surface area contributed by atoms with Crippen LogP contribution in [0.4, 0.5) is 5.69 Å². The third kappa shape index (κ3) is 4.79. The molecular weight excluding hydrogens is 364 g/mol. The zero-order valence-electron chi connectivity index (χ0n) is 13.3. The Hall–Kier alpha value is -1.93. The molecule has 1 atom stereocenters. The number of ether oxygens (including phenoxy) is 1. The first-order valence-corrected chi connectivity index (χ1v) is 9.11. The number of nitrogens with one attached hydrogen (secondary N) is 2. The van der Waals surface area contributed by atoms with E-state index < -0.39 is 12.2 Å². The summed E-state index contributed by atoms with van der Waals surface area (Å²) in [6.07, 6.45) is 2.31. The first kappa shape index (κ1) is 17.9. The minimum absolute atomic E-state index is 0.277. The van der Waals surface area contributed by atoms with Gasteiger partial charge in [0.15, 0.2) is 6.29 Å². The lowest BCUT2D eigenvalue weighted by Gasteiger charge is -2.22. The molecule has 6 nitrogen and oxygen atoms in total. The molecule has 1 saturated heterocycles. The summed E-state index contributed by atoms with van der Waals surface area (Å²) in [4.78, 5) is 30.2. The third-order valence-electron chi connectivity index (χ3n) is 3.64. The number of anilines is 1. The van der Waals surface area contributed by atoms with Crippen LogP contribution in [0.5, 0.6) is 0 Å². The van der Waals surface area contributed by atoms with Crippen molar-refractivity contribution in [2.24, 2.45) is 0 Å². The fraction of sp³-hybridized carbons (Fsp3) is 0.294. The van der Waals surface area contributed by atoms with E-state index in [1.54, 1.807) is 24.3 Å². The lowest BCUT2D eigenvalue weighted by molar-refractivity contribution is -0.186. The van der Waals surface area contributed by atoms with Crippen molar-refractivity contribution in [3.05, 3.63) is 51.2 Å². The number of benzene rings is 1. The van der Waals surface area contributed by atoms with Gasteiger partial charge in [-0.05, 0) is 42.5 Å². The highest BCUT2D eigenvalue weighted by atomic mass is 35.5. The van der Waals surface area contributed by atoms with Gasteiger partial charge in [-0.2, -0.15) is 0 Å². The van der Waals surface area contributed by atoms with Crippen LogP contribution in [0.2, 0.25) is 5.02 Å². The minimum Gasteiger partial charge on any atom is -0.350 e. The van der Waals surface area contributed by atoms with Crippen LogP contribution in [0, 0.1) is 0 Å². The molecule has 1 unspecified atom stereocenters. The van der Waals surface area contributed by atoms with E-state index in [0.717, 1.165) is 19.3 Å². The molecule has 2 N–H and O–H groups in total. The number of hydroxylamine groups is 1. The van der Waals surface area contributed by atoms with Crippen LogP contribution >= 0.6 is 22.9 Å². The van der Waals surface area contributed by atoms with Crippen LogP contribution in [0.3, 0.4) is 0 Å². The molecule has 0 aliphatic carbocycles. The van der Waals surface area contributed by atoms with Gasteiger partial charge in [0.05, 0.1) is 15.6 Å². The highest BCUT2D eigenvalue weighted by molar-refractivity contribution is 7.12. The number of rotatable bonds is 5. The van der Waals surface area contributed by atoms with E-state index >= 15 is 0 Å². The van der Waals surface area contributed by atoms with Gasteiger partial charge < -0.3 is 10.1 Å². The van der Waals surface area contributed by atoms with Gasteiger partial charge >= 0.3 is 0 Å². The van der Waals surface area contributed by atoms with Crippen LogP contribution in [0.25, 0.3) is 0 Å². The molecule has 0 saturated carbocycles. The van der Waals surface area contributed by atoms with E-state index in [9.17, 15) is 9.59 Å². The van der Waals surface area contributed by atoms with Gasteiger partial charge in [0.2, 0.25) is 0 Å². The second-order valence-electron chi connectivity index (χ2n) is 5.47. The van der Waals surface area contributed by atoms with E-state index in [4.69, 9.17) is 21.2 Å². The standard InChI is InChI=1S/C17H17ClN2O4S/c18-12-7-6-11(16(21)20-24-15-5-1-2-8-23-15)10-13(12)19-17(22)14-4-3-9-25-14/h3-4,6-7,9-10,15H,1-2,5,8H2,(H,19,22)(H,20,21). The SMILES string of the molecule is O=C(NOC1CCCCO1)c1ccc(Cl)c(NC(=O)c2cccs2)c1. The smallest absolute Gasteiger partial charge is 0.275 e. The first-order chi connectivity index (χ1) is 12.1. The van der Waals surface area contributed by atoms with Crippen molar-refractivity contribution in [2.45, 2.75) is 25.6 Å². The molecule has 132 valence electrons. The number of carbonyl (C=O) groups excluding carboxylic acids is 2.